The molecule has 0 saturated heterocycles. The van der Waals surface area contributed by atoms with Crippen LogP contribution in [0.1, 0.15) is 18.9 Å². The minimum absolute atomic E-state index is 0.0210. The predicted molar refractivity (Wildman–Crippen MR) is 124 cm³/mol. The highest BCUT2D eigenvalue weighted by atomic mass is 16.6. The summed E-state index contributed by atoms with van der Waals surface area (Å²) in [5.74, 6) is -0.100. The normalized spacial score (nSPS) is 10.2. The maximum atomic E-state index is 12.7. The first kappa shape index (κ1) is 25.1. The van der Waals surface area contributed by atoms with Crippen LogP contribution in [0.5, 0.6) is 11.8 Å². The minimum atomic E-state index is -0.810. The molecule has 1 aromatic carbocycles. The van der Waals surface area contributed by atoms with Gasteiger partial charge in [-0.05, 0) is 37.5 Å². The van der Waals surface area contributed by atoms with Gasteiger partial charge < -0.3 is 19.9 Å². The molecular formula is C22H27N5O6. The van der Waals surface area contributed by atoms with E-state index in [4.69, 9.17) is 19.9 Å². The number of aromatic nitrogens is 2. The van der Waals surface area contributed by atoms with E-state index in [1.54, 1.807) is 37.3 Å². The van der Waals surface area contributed by atoms with E-state index >= 15 is 0 Å². The third-order valence-electron chi connectivity index (χ3n) is 4.24. The van der Waals surface area contributed by atoms with Gasteiger partial charge in [0.15, 0.2) is 0 Å². The van der Waals surface area contributed by atoms with Gasteiger partial charge in [-0.15, -0.1) is 6.58 Å². The lowest BCUT2D eigenvalue weighted by Crippen LogP contribution is -2.35. The molecule has 0 atom stereocenters. The number of anilines is 2. The molecule has 0 saturated carbocycles. The summed E-state index contributed by atoms with van der Waals surface area (Å²) >= 11 is 0. The number of nitrogen functional groups attached to an aromatic ring is 1. The molecule has 0 bridgehead atoms. The zero-order valence-electron chi connectivity index (χ0n) is 18.4. The number of nitrogens with zero attached hydrogens (tertiary/aromatic N) is 4. The van der Waals surface area contributed by atoms with Gasteiger partial charge in [-0.2, -0.15) is 9.97 Å². The summed E-state index contributed by atoms with van der Waals surface area (Å²) < 4.78 is 16.0. The topological polar surface area (TPSA) is 143 Å². The highest BCUT2D eigenvalue weighted by molar-refractivity contribution is 5.90. The molecule has 0 aliphatic carbocycles. The second-order valence-corrected chi connectivity index (χ2v) is 6.59. The molecule has 11 nitrogen and oxygen atoms in total. The summed E-state index contributed by atoms with van der Waals surface area (Å²) in [5.41, 5.74) is 6.04. The number of carbonyl (C=O) groups is 1. The maximum absolute atomic E-state index is 12.7. The third kappa shape index (κ3) is 7.20. The lowest BCUT2D eigenvalue weighted by molar-refractivity contribution is -0.383. The molecule has 11 heteroatoms. The molecule has 0 spiro atoms. The standard InChI is InChI=1S/C22H27N5O6/c1-4-7-14-33-21-24-19(23)18(27(29)30)20(25-21)26(22(28)31-6-3)12-11-16-9-8-10-17(15-16)32-13-5-2/h4-5,8-10,15H,1-2,6-7,11-14H2,3H3,(H2,23,24,25). The highest BCUT2D eigenvalue weighted by Gasteiger charge is 2.32. The summed E-state index contributed by atoms with van der Waals surface area (Å²) in [5, 5.41) is 11.7. The van der Waals surface area contributed by atoms with E-state index in [-0.39, 0.29) is 31.6 Å². The van der Waals surface area contributed by atoms with E-state index in [1.165, 1.54) is 0 Å². The Morgan fingerprint density at radius 1 is 1.27 bits per heavy atom. The van der Waals surface area contributed by atoms with Crippen molar-refractivity contribution in [1.29, 1.82) is 0 Å². The number of rotatable bonds is 13. The molecule has 0 radical (unpaired) electrons. The fourth-order valence-corrected chi connectivity index (χ4v) is 2.77. The number of ether oxygens (including phenoxy) is 3. The lowest BCUT2D eigenvalue weighted by Gasteiger charge is -2.21. The Labute approximate surface area is 191 Å². The van der Waals surface area contributed by atoms with Crippen LogP contribution < -0.4 is 20.1 Å². The second kappa shape index (κ2) is 12.6. The van der Waals surface area contributed by atoms with Crippen LogP contribution in [-0.4, -0.2) is 47.3 Å². The van der Waals surface area contributed by atoms with E-state index in [9.17, 15) is 14.9 Å². The summed E-state index contributed by atoms with van der Waals surface area (Å²) in [6, 6.07) is 7.05. The van der Waals surface area contributed by atoms with Crippen LogP contribution in [0.3, 0.4) is 0 Å². The Morgan fingerprint density at radius 3 is 2.73 bits per heavy atom. The van der Waals surface area contributed by atoms with Gasteiger partial charge in [-0.25, -0.2) is 4.79 Å². The molecule has 1 amide bonds. The summed E-state index contributed by atoms with van der Waals surface area (Å²) in [4.78, 5) is 32.7. The Balaban J connectivity index is 2.39. The molecule has 0 unspecified atom stereocenters. The SMILES string of the molecule is C=CCCOc1nc(N)c([N+](=O)[O-])c(N(CCc2cccc(OCC=C)c2)C(=O)OCC)n1. The van der Waals surface area contributed by atoms with Gasteiger partial charge in [0.2, 0.25) is 11.6 Å². The quantitative estimate of drug-likeness (QED) is 0.206. The smallest absolute Gasteiger partial charge is 0.415 e. The molecule has 33 heavy (non-hydrogen) atoms. The van der Waals surface area contributed by atoms with Crippen molar-refractivity contribution >= 4 is 23.4 Å². The van der Waals surface area contributed by atoms with Gasteiger partial charge in [0, 0.05) is 6.54 Å². The van der Waals surface area contributed by atoms with Crippen LogP contribution in [0.25, 0.3) is 0 Å². The second-order valence-electron chi connectivity index (χ2n) is 6.59. The molecule has 0 aliphatic rings. The number of amides is 1. The first-order valence-corrected chi connectivity index (χ1v) is 10.2. The number of nitrogens with two attached hydrogens (primary N) is 1. The van der Waals surface area contributed by atoms with Gasteiger partial charge in [0.25, 0.3) is 0 Å². The summed E-state index contributed by atoms with van der Waals surface area (Å²) in [7, 11) is 0. The fourth-order valence-electron chi connectivity index (χ4n) is 2.77. The van der Waals surface area contributed by atoms with Gasteiger partial charge in [-0.1, -0.05) is 30.9 Å². The average molecular weight is 457 g/mol. The number of carbonyl (C=O) groups excluding carboxylic acids is 1. The molecular weight excluding hydrogens is 430 g/mol. The van der Waals surface area contributed by atoms with Gasteiger partial charge in [0.1, 0.15) is 12.4 Å². The van der Waals surface area contributed by atoms with Crippen LogP contribution in [-0.2, 0) is 11.2 Å². The van der Waals surface area contributed by atoms with E-state index in [1.807, 2.05) is 6.07 Å². The lowest BCUT2D eigenvalue weighted by atomic mass is 10.1. The molecule has 1 heterocycles. The number of benzene rings is 1. The van der Waals surface area contributed by atoms with Crippen molar-refractivity contribution < 1.29 is 23.9 Å². The Hall–Kier alpha value is -4.15. The molecule has 2 aromatic rings. The largest absolute Gasteiger partial charge is 0.490 e. The monoisotopic (exact) mass is 457 g/mol. The van der Waals surface area contributed by atoms with Crippen molar-refractivity contribution in [3.63, 3.8) is 0 Å². The van der Waals surface area contributed by atoms with Crippen molar-refractivity contribution in [2.75, 3.05) is 37.0 Å². The van der Waals surface area contributed by atoms with Crippen molar-refractivity contribution in [3.05, 3.63) is 65.3 Å². The van der Waals surface area contributed by atoms with Crippen molar-refractivity contribution in [3.8, 4) is 11.8 Å². The van der Waals surface area contributed by atoms with Crippen molar-refractivity contribution in [1.82, 2.24) is 9.97 Å². The maximum Gasteiger partial charge on any atom is 0.415 e. The van der Waals surface area contributed by atoms with Crippen LogP contribution >= 0.6 is 0 Å². The fraction of sp³-hybridized carbons (Fsp3) is 0.318. The van der Waals surface area contributed by atoms with Gasteiger partial charge >= 0.3 is 17.8 Å². The Kier molecular flexibility index (Phi) is 9.62. The molecule has 0 fully saturated rings. The third-order valence-corrected chi connectivity index (χ3v) is 4.24. The molecule has 2 N–H and O–H groups in total. The molecule has 0 aliphatic heterocycles. The van der Waals surface area contributed by atoms with E-state index < -0.39 is 22.5 Å². The first-order chi connectivity index (χ1) is 15.9. The van der Waals surface area contributed by atoms with Crippen LogP contribution in [0.15, 0.2) is 49.6 Å². The number of nitro groups is 1. The average Bonchev–Trinajstić information content (AvgIpc) is 2.78. The molecule has 2 rings (SSSR count). The zero-order chi connectivity index (χ0) is 24.2. The van der Waals surface area contributed by atoms with Crippen LogP contribution in [0.2, 0.25) is 0 Å². The minimum Gasteiger partial charge on any atom is -0.490 e. The van der Waals surface area contributed by atoms with Crippen LogP contribution in [0, 0.1) is 10.1 Å². The summed E-state index contributed by atoms with van der Waals surface area (Å²) in [6.45, 7) is 9.46. The van der Waals surface area contributed by atoms with Crippen LogP contribution in [0.4, 0.5) is 22.1 Å². The Bertz CT molecular complexity index is 997. The van der Waals surface area contributed by atoms with E-state index in [0.29, 0.717) is 25.2 Å². The summed E-state index contributed by atoms with van der Waals surface area (Å²) in [6.07, 6.45) is 3.28. The van der Waals surface area contributed by atoms with Gasteiger partial charge in [0.05, 0.1) is 18.1 Å². The zero-order valence-corrected chi connectivity index (χ0v) is 18.4. The van der Waals surface area contributed by atoms with E-state index in [0.717, 1.165) is 10.5 Å². The number of hydrogen-bond acceptors (Lipinski definition) is 9. The number of hydrogen-bond donors (Lipinski definition) is 1. The van der Waals surface area contributed by atoms with E-state index in [2.05, 4.69) is 23.1 Å². The Morgan fingerprint density at radius 2 is 2.06 bits per heavy atom. The highest BCUT2D eigenvalue weighted by Crippen LogP contribution is 2.33. The van der Waals surface area contributed by atoms with Gasteiger partial charge in [-0.3, -0.25) is 15.0 Å². The first-order valence-electron chi connectivity index (χ1n) is 10.2. The predicted octanol–water partition coefficient (Wildman–Crippen LogP) is 3.69. The molecule has 1 aromatic heterocycles. The molecule has 176 valence electrons. The van der Waals surface area contributed by atoms with Crippen molar-refractivity contribution in [2.24, 2.45) is 0 Å². The van der Waals surface area contributed by atoms with Crippen molar-refractivity contribution in [2.45, 2.75) is 19.8 Å².